The molecule has 0 aliphatic rings. The molecule has 0 bridgehead atoms. The van der Waals surface area contributed by atoms with Crippen molar-refractivity contribution in [2.45, 2.75) is 12.8 Å². The third-order valence-corrected chi connectivity index (χ3v) is 2.34. The van der Waals surface area contributed by atoms with E-state index in [-0.39, 0.29) is 0 Å². The lowest BCUT2D eigenvalue weighted by Gasteiger charge is -2.10. The van der Waals surface area contributed by atoms with Crippen LogP contribution in [-0.2, 0) is 6.42 Å². The van der Waals surface area contributed by atoms with Gasteiger partial charge in [0, 0.05) is 0 Å². The topological polar surface area (TPSA) is 32.7 Å². The number of aromatic hydroxyl groups is 1. The van der Waals surface area contributed by atoms with Crippen LogP contribution in [0.2, 0.25) is 0 Å². The predicted molar refractivity (Wildman–Crippen MR) is 61.5 cm³/mol. The summed E-state index contributed by atoms with van der Waals surface area (Å²) in [6.07, 6.45) is 1.91. The number of phenols is 1. The predicted octanol–water partition coefficient (Wildman–Crippen LogP) is 1.90. The summed E-state index contributed by atoms with van der Waals surface area (Å²) in [5.74, 6) is 1.15. The Morgan fingerprint density at radius 2 is 2.07 bits per heavy atom. The van der Waals surface area contributed by atoms with Crippen LogP contribution in [0.25, 0.3) is 0 Å². The molecule has 0 saturated carbocycles. The molecule has 3 heteroatoms. The van der Waals surface area contributed by atoms with Gasteiger partial charge < -0.3 is 14.7 Å². The van der Waals surface area contributed by atoms with Crippen LogP contribution < -0.4 is 4.74 Å². The highest BCUT2D eigenvalue weighted by Gasteiger charge is 2.03. The Labute approximate surface area is 91.3 Å². The molecule has 15 heavy (non-hydrogen) atoms. The Morgan fingerprint density at radius 1 is 1.33 bits per heavy atom. The maximum Gasteiger partial charge on any atom is 0.119 e. The number of hydrogen-bond donors (Lipinski definition) is 1. The largest absolute Gasteiger partial charge is 0.508 e. The highest BCUT2D eigenvalue weighted by molar-refractivity contribution is 5.39. The summed E-state index contributed by atoms with van der Waals surface area (Å²) in [6, 6.07) is 5.35. The first-order chi connectivity index (χ1) is 7.13. The minimum absolute atomic E-state index is 0.356. The van der Waals surface area contributed by atoms with E-state index in [0.717, 1.165) is 30.7 Å². The van der Waals surface area contributed by atoms with Crippen molar-refractivity contribution >= 4 is 0 Å². The third-order valence-electron chi connectivity index (χ3n) is 2.34. The number of hydrogen-bond acceptors (Lipinski definition) is 3. The van der Waals surface area contributed by atoms with Gasteiger partial charge in [0.05, 0.1) is 7.11 Å². The SMILES string of the molecule is COc1ccc(O)c(CCCN(C)C)c1. The monoisotopic (exact) mass is 209 g/mol. The fourth-order valence-corrected chi connectivity index (χ4v) is 1.47. The fraction of sp³-hybridized carbons (Fsp3) is 0.500. The molecular formula is C12H19NO2. The number of rotatable bonds is 5. The molecule has 1 aromatic rings. The second-order valence-corrected chi connectivity index (χ2v) is 3.90. The number of nitrogens with zero attached hydrogens (tertiary/aromatic N) is 1. The number of methoxy groups -OCH3 is 1. The molecule has 0 spiro atoms. The summed E-state index contributed by atoms with van der Waals surface area (Å²) in [5, 5.41) is 9.63. The Balaban J connectivity index is 2.59. The van der Waals surface area contributed by atoms with E-state index in [2.05, 4.69) is 4.90 Å². The molecule has 1 rings (SSSR count). The number of phenolic OH excluding ortho intramolecular Hbond substituents is 1. The number of benzene rings is 1. The van der Waals surface area contributed by atoms with Crippen molar-refractivity contribution in [1.82, 2.24) is 4.90 Å². The molecule has 1 N–H and O–H groups in total. The Morgan fingerprint density at radius 3 is 2.67 bits per heavy atom. The van der Waals surface area contributed by atoms with E-state index in [1.54, 1.807) is 19.2 Å². The minimum Gasteiger partial charge on any atom is -0.508 e. The first-order valence-corrected chi connectivity index (χ1v) is 5.14. The van der Waals surface area contributed by atoms with E-state index >= 15 is 0 Å². The minimum atomic E-state index is 0.356. The lowest BCUT2D eigenvalue weighted by atomic mass is 10.1. The van der Waals surface area contributed by atoms with Crippen molar-refractivity contribution < 1.29 is 9.84 Å². The van der Waals surface area contributed by atoms with Gasteiger partial charge in [-0.15, -0.1) is 0 Å². The van der Waals surface area contributed by atoms with E-state index in [9.17, 15) is 5.11 Å². The van der Waals surface area contributed by atoms with Crippen LogP contribution in [-0.4, -0.2) is 37.8 Å². The molecule has 0 unspecified atom stereocenters. The molecule has 0 heterocycles. The van der Waals surface area contributed by atoms with Gasteiger partial charge in [-0.25, -0.2) is 0 Å². The normalized spacial score (nSPS) is 10.7. The van der Waals surface area contributed by atoms with Crippen LogP contribution in [0.15, 0.2) is 18.2 Å². The summed E-state index contributed by atoms with van der Waals surface area (Å²) < 4.78 is 5.12. The third kappa shape index (κ3) is 3.80. The molecule has 0 aliphatic heterocycles. The van der Waals surface area contributed by atoms with Gasteiger partial charge >= 0.3 is 0 Å². The molecule has 0 fully saturated rings. The highest BCUT2D eigenvalue weighted by Crippen LogP contribution is 2.23. The van der Waals surface area contributed by atoms with Crippen LogP contribution in [0.3, 0.4) is 0 Å². The van der Waals surface area contributed by atoms with E-state index in [4.69, 9.17) is 4.74 Å². The molecule has 84 valence electrons. The van der Waals surface area contributed by atoms with Gasteiger partial charge in [0.15, 0.2) is 0 Å². The fourth-order valence-electron chi connectivity index (χ4n) is 1.47. The van der Waals surface area contributed by atoms with E-state index < -0.39 is 0 Å². The van der Waals surface area contributed by atoms with Gasteiger partial charge in [-0.1, -0.05) is 0 Å². The van der Waals surface area contributed by atoms with Gasteiger partial charge in [0.2, 0.25) is 0 Å². The lowest BCUT2D eigenvalue weighted by molar-refractivity contribution is 0.395. The van der Waals surface area contributed by atoms with Crippen LogP contribution in [0.5, 0.6) is 11.5 Å². The van der Waals surface area contributed by atoms with Crippen LogP contribution in [0, 0.1) is 0 Å². The van der Waals surface area contributed by atoms with E-state index in [1.807, 2.05) is 20.2 Å². The van der Waals surface area contributed by atoms with Crippen molar-refractivity contribution in [3.63, 3.8) is 0 Å². The zero-order valence-electron chi connectivity index (χ0n) is 9.66. The van der Waals surface area contributed by atoms with Gasteiger partial charge in [-0.2, -0.15) is 0 Å². The Hall–Kier alpha value is -1.22. The maximum atomic E-state index is 9.63. The second kappa shape index (κ2) is 5.61. The van der Waals surface area contributed by atoms with Gasteiger partial charge in [0.1, 0.15) is 11.5 Å². The highest BCUT2D eigenvalue weighted by atomic mass is 16.5. The molecule has 0 aliphatic carbocycles. The van der Waals surface area contributed by atoms with Crippen molar-refractivity contribution in [2.75, 3.05) is 27.7 Å². The summed E-state index contributed by atoms with van der Waals surface area (Å²) >= 11 is 0. The summed E-state index contributed by atoms with van der Waals surface area (Å²) in [7, 11) is 5.73. The second-order valence-electron chi connectivity index (χ2n) is 3.90. The van der Waals surface area contributed by atoms with Crippen LogP contribution >= 0.6 is 0 Å². The first-order valence-electron chi connectivity index (χ1n) is 5.14. The Bertz CT molecular complexity index is 310. The maximum absolute atomic E-state index is 9.63. The summed E-state index contributed by atoms with van der Waals surface area (Å²) in [4.78, 5) is 2.14. The van der Waals surface area contributed by atoms with Crippen molar-refractivity contribution in [2.24, 2.45) is 0 Å². The van der Waals surface area contributed by atoms with Crippen LogP contribution in [0.1, 0.15) is 12.0 Å². The number of ether oxygens (including phenoxy) is 1. The van der Waals surface area contributed by atoms with Gasteiger partial charge in [-0.05, 0) is 57.2 Å². The average Bonchev–Trinajstić information content (AvgIpc) is 2.20. The molecule has 0 saturated heterocycles. The molecule has 0 radical (unpaired) electrons. The molecule has 3 nitrogen and oxygen atoms in total. The molecule has 0 atom stereocenters. The molecular weight excluding hydrogens is 190 g/mol. The van der Waals surface area contributed by atoms with Crippen molar-refractivity contribution in [3.8, 4) is 11.5 Å². The quantitative estimate of drug-likeness (QED) is 0.804. The molecule has 1 aromatic carbocycles. The van der Waals surface area contributed by atoms with Gasteiger partial charge in [-0.3, -0.25) is 0 Å². The van der Waals surface area contributed by atoms with Crippen LogP contribution in [0.4, 0.5) is 0 Å². The van der Waals surface area contributed by atoms with Gasteiger partial charge in [0.25, 0.3) is 0 Å². The molecule has 0 aromatic heterocycles. The lowest BCUT2D eigenvalue weighted by Crippen LogP contribution is -2.13. The zero-order chi connectivity index (χ0) is 11.3. The summed E-state index contributed by atoms with van der Waals surface area (Å²) in [5.41, 5.74) is 0.955. The van der Waals surface area contributed by atoms with Crippen molar-refractivity contribution in [3.05, 3.63) is 23.8 Å². The first kappa shape index (κ1) is 11.9. The van der Waals surface area contributed by atoms with E-state index in [1.165, 1.54) is 0 Å². The Kier molecular flexibility index (Phi) is 4.43. The standard InChI is InChI=1S/C12H19NO2/c1-13(2)8-4-5-10-9-11(15-3)6-7-12(10)14/h6-7,9,14H,4-5,8H2,1-3H3. The average molecular weight is 209 g/mol. The smallest absolute Gasteiger partial charge is 0.119 e. The molecule has 0 amide bonds. The number of aryl methyl sites for hydroxylation is 1. The summed E-state index contributed by atoms with van der Waals surface area (Å²) in [6.45, 7) is 1.02. The van der Waals surface area contributed by atoms with E-state index in [0.29, 0.717) is 5.75 Å². The van der Waals surface area contributed by atoms with Crippen molar-refractivity contribution in [1.29, 1.82) is 0 Å². The zero-order valence-corrected chi connectivity index (χ0v) is 9.66.